The second-order valence-corrected chi connectivity index (χ2v) is 5.02. The van der Waals surface area contributed by atoms with Gasteiger partial charge in [-0.15, -0.1) is 0 Å². The summed E-state index contributed by atoms with van der Waals surface area (Å²) in [5.74, 6) is 0.855. The van der Waals surface area contributed by atoms with Crippen molar-refractivity contribution in [1.29, 1.82) is 0 Å². The van der Waals surface area contributed by atoms with Crippen LogP contribution in [-0.2, 0) is 4.79 Å². The molecule has 5 heteroatoms. The zero-order valence-corrected chi connectivity index (χ0v) is 12.1. The van der Waals surface area contributed by atoms with Crippen LogP contribution in [-0.4, -0.2) is 29.5 Å². The molecule has 1 N–H and O–H groups in total. The fourth-order valence-corrected chi connectivity index (χ4v) is 2.37. The van der Waals surface area contributed by atoms with Crippen LogP contribution in [0.4, 0.5) is 5.69 Å². The van der Waals surface area contributed by atoms with E-state index in [1.165, 1.54) is 5.57 Å². The first-order valence-corrected chi connectivity index (χ1v) is 6.86. The summed E-state index contributed by atoms with van der Waals surface area (Å²) in [5.41, 5.74) is 3.94. The maximum absolute atomic E-state index is 11.5. The number of amides is 1. The third-order valence-corrected chi connectivity index (χ3v) is 3.64. The molecule has 0 radical (unpaired) electrons. The topological polar surface area (TPSA) is 58.2 Å². The molecule has 21 heavy (non-hydrogen) atoms. The molecular formula is C16H17N3O2. The van der Waals surface area contributed by atoms with Crippen LogP contribution in [0.25, 0.3) is 11.6 Å². The van der Waals surface area contributed by atoms with Crippen molar-refractivity contribution < 1.29 is 9.53 Å². The van der Waals surface area contributed by atoms with Gasteiger partial charge in [0.25, 0.3) is 0 Å². The van der Waals surface area contributed by atoms with E-state index in [0.717, 1.165) is 29.1 Å². The first-order valence-electron chi connectivity index (χ1n) is 6.86. The van der Waals surface area contributed by atoms with E-state index < -0.39 is 0 Å². The van der Waals surface area contributed by atoms with Gasteiger partial charge < -0.3 is 14.6 Å². The molecule has 1 aromatic carbocycles. The third-order valence-electron chi connectivity index (χ3n) is 3.64. The van der Waals surface area contributed by atoms with Gasteiger partial charge in [-0.05, 0) is 29.8 Å². The lowest BCUT2D eigenvalue weighted by Crippen LogP contribution is -2.23. The Labute approximate surface area is 123 Å². The highest BCUT2D eigenvalue weighted by atomic mass is 16.5. The van der Waals surface area contributed by atoms with Crippen molar-refractivity contribution in [1.82, 2.24) is 9.97 Å². The van der Waals surface area contributed by atoms with E-state index in [2.05, 4.69) is 16.0 Å². The summed E-state index contributed by atoms with van der Waals surface area (Å²) in [7, 11) is 1.77. The molecule has 3 rings (SSSR count). The number of aromatic amines is 1. The molecule has 0 unspecified atom stereocenters. The fourth-order valence-electron chi connectivity index (χ4n) is 2.37. The molecule has 0 saturated carbocycles. The Balaban J connectivity index is 2.03. The van der Waals surface area contributed by atoms with Crippen molar-refractivity contribution in [2.24, 2.45) is 0 Å². The molecule has 1 aromatic heterocycles. The molecule has 1 aliphatic rings. The monoisotopic (exact) mass is 283 g/mol. The molecule has 0 spiro atoms. The minimum absolute atomic E-state index is 0.00417. The van der Waals surface area contributed by atoms with E-state index in [4.69, 9.17) is 4.74 Å². The Kier molecular flexibility index (Phi) is 3.48. The van der Waals surface area contributed by atoms with Crippen molar-refractivity contribution in [3.8, 4) is 5.75 Å². The van der Waals surface area contributed by atoms with E-state index in [9.17, 15) is 4.79 Å². The summed E-state index contributed by atoms with van der Waals surface area (Å²) in [5, 5.41) is 0. The van der Waals surface area contributed by atoms with E-state index in [-0.39, 0.29) is 5.91 Å². The van der Waals surface area contributed by atoms with E-state index in [1.54, 1.807) is 25.2 Å². The van der Waals surface area contributed by atoms with Crippen molar-refractivity contribution in [2.75, 3.05) is 18.6 Å². The molecule has 2 aromatic rings. The number of anilines is 1. The maximum atomic E-state index is 11.5. The number of nitrogens with one attached hydrogen (secondary N) is 1. The highest BCUT2D eigenvalue weighted by Gasteiger charge is 2.18. The number of H-pyrrole nitrogens is 1. The molecule has 0 saturated heterocycles. The van der Waals surface area contributed by atoms with Crippen molar-refractivity contribution >= 4 is 23.2 Å². The second-order valence-electron chi connectivity index (χ2n) is 5.02. The van der Waals surface area contributed by atoms with Crippen molar-refractivity contribution in [2.45, 2.75) is 13.3 Å². The van der Waals surface area contributed by atoms with Crippen molar-refractivity contribution in [3.05, 3.63) is 42.0 Å². The van der Waals surface area contributed by atoms with Crippen LogP contribution >= 0.6 is 0 Å². The second kappa shape index (κ2) is 5.44. The first-order chi connectivity index (χ1) is 10.1. The third kappa shape index (κ3) is 2.67. The smallest absolute Gasteiger partial charge is 0.223 e. The summed E-state index contributed by atoms with van der Waals surface area (Å²) < 4.78 is 5.70. The van der Waals surface area contributed by atoms with Crippen LogP contribution in [0.3, 0.4) is 0 Å². The molecule has 2 heterocycles. The summed E-state index contributed by atoms with van der Waals surface area (Å²) in [6.45, 7) is 2.21. The van der Waals surface area contributed by atoms with Crippen LogP contribution in [0, 0.1) is 0 Å². The molecule has 0 bridgehead atoms. The Morgan fingerprint density at radius 2 is 2.33 bits per heavy atom. The Morgan fingerprint density at radius 1 is 1.48 bits per heavy atom. The van der Waals surface area contributed by atoms with Crippen LogP contribution < -0.4 is 9.64 Å². The predicted molar refractivity (Wildman–Crippen MR) is 82.1 cm³/mol. The number of carbonyl (C=O) groups is 1. The molecule has 0 fully saturated rings. The van der Waals surface area contributed by atoms with E-state index >= 15 is 0 Å². The van der Waals surface area contributed by atoms with Gasteiger partial charge in [-0.2, -0.15) is 0 Å². The minimum atomic E-state index is 0.00417. The first kappa shape index (κ1) is 13.4. The number of imidazole rings is 1. The van der Waals surface area contributed by atoms with E-state index in [0.29, 0.717) is 6.61 Å². The number of carbonyl (C=O) groups excluding carboxylic acids is 1. The van der Waals surface area contributed by atoms with Crippen LogP contribution in [0.2, 0.25) is 0 Å². The highest BCUT2D eigenvalue weighted by molar-refractivity contribution is 5.93. The summed E-state index contributed by atoms with van der Waals surface area (Å²) in [6, 6.07) is 5.81. The number of benzene rings is 1. The molecule has 0 atom stereocenters. The van der Waals surface area contributed by atoms with Gasteiger partial charge in [0.1, 0.15) is 5.75 Å². The Morgan fingerprint density at radius 3 is 3.05 bits per heavy atom. The normalized spacial score (nSPS) is 15.4. The largest absolute Gasteiger partial charge is 0.493 e. The lowest BCUT2D eigenvalue weighted by atomic mass is 9.98. The SMILES string of the molecule is CC(=O)N(C)c1ccc2c(c1)/C(=C/c1c[nH]cn1)CCO2. The molecule has 1 aliphatic heterocycles. The van der Waals surface area contributed by atoms with Gasteiger partial charge in [0.2, 0.25) is 5.91 Å². The zero-order valence-electron chi connectivity index (χ0n) is 12.1. The standard InChI is InChI=1S/C16H17N3O2/c1-11(20)19(2)14-3-4-16-15(8-14)12(5-6-21-16)7-13-9-17-10-18-13/h3-4,7-10H,5-6H2,1-2H3,(H,17,18)/b12-7+. The van der Waals surface area contributed by atoms with Gasteiger partial charge in [-0.1, -0.05) is 0 Å². The Hall–Kier alpha value is -2.56. The number of ether oxygens (including phenoxy) is 1. The molecule has 5 nitrogen and oxygen atoms in total. The van der Waals surface area contributed by atoms with Gasteiger partial charge in [0.15, 0.2) is 0 Å². The maximum Gasteiger partial charge on any atom is 0.223 e. The van der Waals surface area contributed by atoms with E-state index in [1.807, 2.05) is 24.4 Å². The fraction of sp³-hybridized carbons (Fsp3) is 0.250. The average Bonchev–Trinajstić information content (AvgIpc) is 2.99. The number of rotatable bonds is 2. The number of aromatic nitrogens is 2. The average molecular weight is 283 g/mol. The van der Waals surface area contributed by atoms with Gasteiger partial charge in [-0.3, -0.25) is 4.79 Å². The van der Waals surface area contributed by atoms with Crippen LogP contribution in [0.5, 0.6) is 5.75 Å². The quantitative estimate of drug-likeness (QED) is 0.922. The predicted octanol–water partition coefficient (Wildman–Crippen LogP) is 2.72. The number of nitrogens with zero attached hydrogens (tertiary/aromatic N) is 2. The lowest BCUT2D eigenvalue weighted by molar-refractivity contribution is -0.116. The number of fused-ring (bicyclic) bond motifs is 1. The number of hydrogen-bond donors (Lipinski definition) is 1. The Bertz CT molecular complexity index is 690. The van der Waals surface area contributed by atoms with Crippen LogP contribution in [0.15, 0.2) is 30.7 Å². The summed E-state index contributed by atoms with van der Waals surface area (Å²) in [4.78, 5) is 20.3. The zero-order chi connectivity index (χ0) is 14.8. The minimum Gasteiger partial charge on any atom is -0.493 e. The van der Waals surface area contributed by atoms with Crippen LogP contribution in [0.1, 0.15) is 24.6 Å². The lowest BCUT2D eigenvalue weighted by Gasteiger charge is -2.23. The molecule has 0 aliphatic carbocycles. The van der Waals surface area contributed by atoms with Crippen molar-refractivity contribution in [3.63, 3.8) is 0 Å². The number of hydrogen-bond acceptors (Lipinski definition) is 3. The molecular weight excluding hydrogens is 266 g/mol. The van der Waals surface area contributed by atoms with Gasteiger partial charge in [-0.25, -0.2) is 4.98 Å². The molecule has 108 valence electrons. The molecule has 1 amide bonds. The summed E-state index contributed by atoms with van der Waals surface area (Å²) in [6.07, 6.45) is 6.39. The van der Waals surface area contributed by atoms with Gasteiger partial charge in [0.05, 0.1) is 18.6 Å². The highest BCUT2D eigenvalue weighted by Crippen LogP contribution is 2.36. The van der Waals surface area contributed by atoms with Gasteiger partial charge in [0, 0.05) is 37.8 Å². The van der Waals surface area contributed by atoms with Gasteiger partial charge >= 0.3 is 0 Å². The summed E-state index contributed by atoms with van der Waals surface area (Å²) >= 11 is 0.